The molecule has 0 bridgehead atoms. The normalized spacial score (nSPS) is 25.2. The van der Waals surface area contributed by atoms with Crippen molar-refractivity contribution in [1.82, 2.24) is 4.90 Å². The lowest BCUT2D eigenvalue weighted by molar-refractivity contribution is 0.117. The van der Waals surface area contributed by atoms with E-state index in [1.807, 2.05) is 0 Å². The van der Waals surface area contributed by atoms with Crippen LogP contribution in [0.1, 0.15) is 25.3 Å². The summed E-state index contributed by atoms with van der Waals surface area (Å²) in [5.41, 5.74) is 1.01. The maximum Gasteiger partial charge on any atom is 0.123 e. The van der Waals surface area contributed by atoms with Crippen molar-refractivity contribution in [1.29, 1.82) is 0 Å². The lowest BCUT2D eigenvalue weighted by atomic mass is 9.94. The fourth-order valence-corrected chi connectivity index (χ4v) is 3.80. The second-order valence-electron chi connectivity index (χ2n) is 6.01. The van der Waals surface area contributed by atoms with Crippen molar-refractivity contribution < 1.29 is 9.13 Å². The number of rotatable bonds is 3. The lowest BCUT2D eigenvalue weighted by Crippen LogP contribution is -2.41. The average Bonchev–Trinajstić information content (AvgIpc) is 2.80. The molecule has 2 unspecified atom stereocenters. The molecule has 1 aromatic rings. The molecule has 1 saturated heterocycles. The number of hydrogen-bond acceptors (Lipinski definition) is 2. The number of ether oxygens (including phenoxy) is 1. The zero-order chi connectivity index (χ0) is 14.1. The highest BCUT2D eigenvalue weighted by atomic mass is 79.9. The summed E-state index contributed by atoms with van der Waals surface area (Å²) in [6.07, 6.45) is 3.52. The first-order valence-corrected chi connectivity index (χ1v) is 8.35. The Morgan fingerprint density at radius 3 is 2.85 bits per heavy atom. The molecule has 2 nitrogen and oxygen atoms in total. The van der Waals surface area contributed by atoms with Gasteiger partial charge in [0.25, 0.3) is 0 Å². The molecule has 3 rings (SSSR count). The highest BCUT2D eigenvalue weighted by molar-refractivity contribution is 9.09. The third-order valence-corrected chi connectivity index (χ3v) is 5.26. The molecule has 0 radical (unpaired) electrons. The standard InChI is InChI=1S/C16H21BrFNO/c1-11(17)12-4-6-19(7-5-12)10-15-9-13-8-14(18)2-3-16(13)20-15/h2-3,8,11-12,15H,4-7,9-10H2,1H3. The van der Waals surface area contributed by atoms with Gasteiger partial charge in [-0.25, -0.2) is 4.39 Å². The van der Waals surface area contributed by atoms with E-state index in [-0.39, 0.29) is 11.9 Å². The molecule has 1 fully saturated rings. The zero-order valence-corrected chi connectivity index (χ0v) is 13.4. The van der Waals surface area contributed by atoms with E-state index in [2.05, 4.69) is 27.8 Å². The molecule has 2 aliphatic heterocycles. The third kappa shape index (κ3) is 3.17. The highest BCUT2D eigenvalue weighted by Gasteiger charge is 2.28. The number of piperidine rings is 1. The van der Waals surface area contributed by atoms with Crippen LogP contribution in [0.3, 0.4) is 0 Å². The summed E-state index contributed by atoms with van der Waals surface area (Å²) in [5.74, 6) is 1.49. The molecule has 2 atom stereocenters. The fourth-order valence-electron chi connectivity index (χ4n) is 3.27. The Balaban J connectivity index is 1.52. The Hall–Kier alpha value is -0.610. The van der Waals surface area contributed by atoms with E-state index in [1.165, 1.54) is 18.9 Å². The van der Waals surface area contributed by atoms with Gasteiger partial charge in [0.15, 0.2) is 0 Å². The molecular formula is C16H21BrFNO. The van der Waals surface area contributed by atoms with Crippen molar-refractivity contribution in [2.24, 2.45) is 5.92 Å². The van der Waals surface area contributed by atoms with Gasteiger partial charge in [-0.3, -0.25) is 4.90 Å². The minimum absolute atomic E-state index is 0.167. The maximum absolute atomic E-state index is 13.2. The van der Waals surface area contributed by atoms with Crippen LogP contribution in [0.25, 0.3) is 0 Å². The molecule has 0 N–H and O–H groups in total. The molecule has 110 valence electrons. The first kappa shape index (κ1) is 14.3. The Morgan fingerprint density at radius 1 is 1.40 bits per heavy atom. The Morgan fingerprint density at radius 2 is 2.15 bits per heavy atom. The lowest BCUT2D eigenvalue weighted by Gasteiger charge is -2.34. The molecule has 4 heteroatoms. The third-order valence-electron chi connectivity index (χ3n) is 4.51. The number of benzene rings is 1. The molecule has 0 aliphatic carbocycles. The monoisotopic (exact) mass is 341 g/mol. The van der Waals surface area contributed by atoms with Crippen molar-refractivity contribution in [3.63, 3.8) is 0 Å². The average molecular weight is 342 g/mol. The van der Waals surface area contributed by atoms with Gasteiger partial charge in [-0.1, -0.05) is 22.9 Å². The van der Waals surface area contributed by atoms with Crippen LogP contribution in [-0.2, 0) is 6.42 Å². The highest BCUT2D eigenvalue weighted by Crippen LogP contribution is 2.31. The number of halogens is 2. The first-order chi connectivity index (χ1) is 9.61. The summed E-state index contributed by atoms with van der Waals surface area (Å²) in [5, 5.41) is 0. The van der Waals surface area contributed by atoms with E-state index in [0.717, 1.165) is 43.3 Å². The van der Waals surface area contributed by atoms with Gasteiger partial charge in [-0.05, 0) is 50.0 Å². The first-order valence-electron chi connectivity index (χ1n) is 7.43. The van der Waals surface area contributed by atoms with Gasteiger partial charge in [-0.15, -0.1) is 0 Å². The molecule has 20 heavy (non-hydrogen) atoms. The van der Waals surface area contributed by atoms with Crippen molar-refractivity contribution in [2.75, 3.05) is 19.6 Å². The Kier molecular flexibility index (Phi) is 4.32. The summed E-state index contributed by atoms with van der Waals surface area (Å²) in [6.45, 7) is 5.49. The van der Waals surface area contributed by atoms with Gasteiger partial charge >= 0.3 is 0 Å². The summed E-state index contributed by atoms with van der Waals surface area (Å²) in [6, 6.07) is 4.83. The van der Waals surface area contributed by atoms with Gasteiger partial charge in [-0.2, -0.15) is 0 Å². The van der Waals surface area contributed by atoms with Crippen LogP contribution in [-0.4, -0.2) is 35.5 Å². The largest absolute Gasteiger partial charge is 0.488 e. The molecule has 0 saturated carbocycles. The van der Waals surface area contributed by atoms with Crippen LogP contribution in [0.5, 0.6) is 5.75 Å². The van der Waals surface area contributed by atoms with E-state index in [9.17, 15) is 4.39 Å². The fraction of sp³-hybridized carbons (Fsp3) is 0.625. The predicted octanol–water partition coefficient (Wildman–Crippen LogP) is 3.62. The number of hydrogen-bond donors (Lipinski definition) is 0. The molecule has 0 spiro atoms. The smallest absolute Gasteiger partial charge is 0.123 e. The van der Waals surface area contributed by atoms with Gasteiger partial charge in [0.2, 0.25) is 0 Å². The topological polar surface area (TPSA) is 12.5 Å². The van der Waals surface area contributed by atoms with E-state index < -0.39 is 0 Å². The van der Waals surface area contributed by atoms with Crippen molar-refractivity contribution in [3.05, 3.63) is 29.6 Å². The number of nitrogens with zero attached hydrogens (tertiary/aromatic N) is 1. The van der Waals surface area contributed by atoms with E-state index in [4.69, 9.17) is 4.74 Å². The second-order valence-corrected chi connectivity index (χ2v) is 7.46. The molecule has 2 aliphatic rings. The molecule has 2 heterocycles. The summed E-state index contributed by atoms with van der Waals surface area (Å²) < 4.78 is 19.1. The van der Waals surface area contributed by atoms with Gasteiger partial charge in [0, 0.05) is 23.4 Å². The van der Waals surface area contributed by atoms with Crippen LogP contribution in [0.15, 0.2) is 18.2 Å². The van der Waals surface area contributed by atoms with E-state index in [0.29, 0.717) is 4.83 Å². The second kappa shape index (κ2) is 6.02. The van der Waals surface area contributed by atoms with Crippen molar-refractivity contribution in [2.45, 2.75) is 37.1 Å². The Bertz CT molecular complexity index is 472. The Labute approximate surface area is 128 Å². The molecule has 0 aromatic heterocycles. The minimum Gasteiger partial charge on any atom is -0.488 e. The van der Waals surface area contributed by atoms with Crippen LogP contribution in [0.4, 0.5) is 4.39 Å². The summed E-state index contributed by atoms with van der Waals surface area (Å²) in [4.78, 5) is 3.10. The van der Waals surface area contributed by atoms with Gasteiger partial charge < -0.3 is 4.74 Å². The van der Waals surface area contributed by atoms with Crippen LogP contribution in [0.2, 0.25) is 0 Å². The summed E-state index contributed by atoms with van der Waals surface area (Å²) >= 11 is 3.69. The quantitative estimate of drug-likeness (QED) is 0.778. The van der Waals surface area contributed by atoms with Gasteiger partial charge in [0.05, 0.1) is 0 Å². The predicted molar refractivity (Wildman–Crippen MR) is 82.1 cm³/mol. The molecule has 1 aromatic carbocycles. The number of likely N-dealkylation sites (tertiary alicyclic amines) is 1. The SMILES string of the molecule is CC(Br)C1CCN(CC2Cc3cc(F)ccc3O2)CC1. The zero-order valence-electron chi connectivity index (χ0n) is 11.8. The van der Waals surface area contributed by atoms with E-state index >= 15 is 0 Å². The van der Waals surface area contributed by atoms with Crippen LogP contribution < -0.4 is 4.74 Å². The van der Waals surface area contributed by atoms with Gasteiger partial charge in [0.1, 0.15) is 17.7 Å². The number of fused-ring (bicyclic) bond motifs is 1. The van der Waals surface area contributed by atoms with Crippen LogP contribution >= 0.6 is 15.9 Å². The summed E-state index contributed by atoms with van der Waals surface area (Å²) in [7, 11) is 0. The molecular weight excluding hydrogens is 321 g/mol. The van der Waals surface area contributed by atoms with Crippen molar-refractivity contribution >= 4 is 15.9 Å². The van der Waals surface area contributed by atoms with Crippen LogP contribution in [0, 0.1) is 11.7 Å². The van der Waals surface area contributed by atoms with Crippen molar-refractivity contribution in [3.8, 4) is 5.75 Å². The van der Waals surface area contributed by atoms with E-state index in [1.54, 1.807) is 12.1 Å². The minimum atomic E-state index is -0.167. The number of alkyl halides is 1. The maximum atomic E-state index is 13.2. The molecule has 0 amide bonds.